The van der Waals surface area contributed by atoms with Gasteiger partial charge in [-0.15, -0.1) is 0 Å². The number of carbonyl (C=O) groups is 1. The van der Waals surface area contributed by atoms with E-state index >= 15 is 0 Å². The molecule has 0 amide bonds. The van der Waals surface area contributed by atoms with Gasteiger partial charge in [0.15, 0.2) is 37.6 Å². The van der Waals surface area contributed by atoms with Gasteiger partial charge in [-0.2, -0.15) is 0 Å². The van der Waals surface area contributed by atoms with Crippen LogP contribution in [0.15, 0.2) is 0 Å². The zero-order valence-corrected chi connectivity index (χ0v) is 30.1. The molecule has 5 rings (SSSR count). The summed E-state index contributed by atoms with van der Waals surface area (Å²) in [4.78, 5) is 11.8. The third-order valence-electron chi connectivity index (χ3n) is 10.4. The fourth-order valence-electron chi connectivity index (χ4n) is 7.16. The fraction of sp³-hybridized carbons (Fsp3) is 0.968. The molecule has 0 spiro atoms. The van der Waals surface area contributed by atoms with Gasteiger partial charge in [0.25, 0.3) is 0 Å². The van der Waals surface area contributed by atoms with Gasteiger partial charge in [-0.3, -0.25) is 0 Å². The molecule has 25 heteroatoms. The summed E-state index contributed by atoms with van der Waals surface area (Å²) in [6.07, 6.45) is -43.9. The molecule has 0 aromatic carbocycles. The maximum absolute atomic E-state index is 11.8. The zero-order valence-electron chi connectivity index (χ0n) is 30.1. The fourth-order valence-corrected chi connectivity index (χ4v) is 7.16. The standard InChI is InChI=1S/C31H52O25/c1-6-10(34)21(53-31-19(43)23(12(36)9(5-33)51-31)55-29-16(40)14(38)24(47-3)25(56-29)26(44)45)18(42)30(48-6)52-20-7(2)49-28(15(39)13(20)37)54-22-11(35)8(4-32)50-27(46)17(22)41/h6-25,27-43,46H,4-5H2,1-3H3,(H,44,45)/t6-,7-,8+,9+,10+,11+,12-,13-,14+,15-,16+,17+,18-,19+,20+,21+,22-,23-,24-,25-,27+,28-,29+,30-,31+/m0/s1. The molecule has 0 radical (unpaired) electrons. The molecule has 5 aliphatic heterocycles. The van der Waals surface area contributed by atoms with Gasteiger partial charge in [0.05, 0.1) is 25.4 Å². The molecular formula is C31H52O25. The maximum Gasteiger partial charge on any atom is 0.335 e. The van der Waals surface area contributed by atoms with E-state index in [-0.39, 0.29) is 0 Å². The number of rotatable bonds is 12. The van der Waals surface area contributed by atoms with Crippen LogP contribution in [-0.2, 0) is 52.2 Å². The molecule has 25 nitrogen and oxygen atoms in total. The first-order chi connectivity index (χ1) is 26.4. The molecule has 5 aliphatic rings. The minimum absolute atomic E-state index is 0.769. The van der Waals surface area contributed by atoms with Crippen molar-refractivity contribution in [2.24, 2.45) is 0 Å². The molecule has 0 aliphatic carbocycles. The predicted octanol–water partition coefficient (Wildman–Crippen LogP) is -9.12. The average molecular weight is 825 g/mol. The Kier molecular flexibility index (Phi) is 15.4. The summed E-state index contributed by atoms with van der Waals surface area (Å²) in [7, 11) is 1.06. The second-order valence-electron chi connectivity index (χ2n) is 14.2. The molecule has 0 aromatic rings. The van der Waals surface area contributed by atoms with E-state index < -0.39 is 173 Å². The predicted molar refractivity (Wildman–Crippen MR) is 169 cm³/mol. The maximum atomic E-state index is 11.8. The van der Waals surface area contributed by atoms with Crippen LogP contribution in [0.4, 0.5) is 0 Å². The zero-order chi connectivity index (χ0) is 41.5. The van der Waals surface area contributed by atoms with Crippen molar-refractivity contribution >= 4 is 5.97 Å². The quantitative estimate of drug-likeness (QED) is 0.0869. The van der Waals surface area contributed by atoms with Crippen LogP contribution in [0, 0.1) is 0 Å². The van der Waals surface area contributed by atoms with Gasteiger partial charge in [-0.05, 0) is 13.8 Å². The summed E-state index contributed by atoms with van der Waals surface area (Å²) >= 11 is 0. The number of hydrogen-bond acceptors (Lipinski definition) is 24. The summed E-state index contributed by atoms with van der Waals surface area (Å²) < 4.78 is 54.5. The van der Waals surface area contributed by atoms with Crippen molar-refractivity contribution in [3.05, 3.63) is 0 Å². The Bertz CT molecular complexity index is 1270. The first-order valence-electron chi connectivity index (χ1n) is 17.7. The highest BCUT2D eigenvalue weighted by atomic mass is 16.8. The molecule has 0 aromatic heterocycles. The van der Waals surface area contributed by atoms with Gasteiger partial charge in [-0.25, -0.2) is 4.79 Å². The highest BCUT2D eigenvalue weighted by Crippen LogP contribution is 2.35. The summed E-state index contributed by atoms with van der Waals surface area (Å²) in [6, 6.07) is 0. The molecule has 5 fully saturated rings. The topological polar surface area (TPSA) is 393 Å². The monoisotopic (exact) mass is 824 g/mol. The lowest BCUT2D eigenvalue weighted by Crippen LogP contribution is -2.67. The third kappa shape index (κ3) is 9.00. The van der Waals surface area contributed by atoms with E-state index in [9.17, 15) is 76.3 Å². The van der Waals surface area contributed by atoms with Crippen LogP contribution in [-0.4, -0.2) is 251 Å². The van der Waals surface area contributed by atoms with Crippen molar-refractivity contribution in [3.8, 4) is 0 Å². The van der Waals surface area contributed by atoms with Crippen molar-refractivity contribution < 1.29 is 124 Å². The van der Waals surface area contributed by atoms with Crippen LogP contribution in [0.1, 0.15) is 13.8 Å². The molecule has 25 atom stereocenters. The van der Waals surface area contributed by atoms with Crippen LogP contribution in [0.3, 0.4) is 0 Å². The van der Waals surface area contributed by atoms with Crippen molar-refractivity contribution in [2.45, 2.75) is 167 Å². The largest absolute Gasteiger partial charge is 0.479 e. The van der Waals surface area contributed by atoms with E-state index in [0.29, 0.717) is 0 Å². The smallest absolute Gasteiger partial charge is 0.335 e. The molecule has 0 unspecified atom stereocenters. The Balaban J connectivity index is 1.27. The van der Waals surface area contributed by atoms with Gasteiger partial charge in [0.1, 0.15) is 104 Å². The lowest BCUT2D eigenvalue weighted by Gasteiger charge is -2.49. The van der Waals surface area contributed by atoms with E-state index in [4.69, 9.17) is 47.4 Å². The van der Waals surface area contributed by atoms with Crippen molar-refractivity contribution in [3.63, 3.8) is 0 Å². The highest BCUT2D eigenvalue weighted by molar-refractivity contribution is 5.73. The minimum Gasteiger partial charge on any atom is -0.479 e. The molecule has 326 valence electrons. The molecule has 14 N–H and O–H groups in total. The number of ether oxygens (including phenoxy) is 10. The lowest BCUT2D eigenvalue weighted by molar-refractivity contribution is -0.390. The highest BCUT2D eigenvalue weighted by Gasteiger charge is 2.56. The number of methoxy groups -OCH3 is 1. The van der Waals surface area contributed by atoms with Crippen molar-refractivity contribution in [1.29, 1.82) is 0 Å². The van der Waals surface area contributed by atoms with Gasteiger partial charge in [0, 0.05) is 7.11 Å². The van der Waals surface area contributed by atoms with Crippen LogP contribution in [0.2, 0.25) is 0 Å². The normalized spacial score (nSPS) is 53.1. The number of aliphatic hydroxyl groups is 13. The Morgan fingerprint density at radius 3 is 1.39 bits per heavy atom. The number of carboxylic acid groups (broad SMARTS) is 1. The molecule has 0 saturated carbocycles. The van der Waals surface area contributed by atoms with Gasteiger partial charge < -0.3 is 119 Å². The van der Waals surface area contributed by atoms with Crippen LogP contribution >= 0.6 is 0 Å². The van der Waals surface area contributed by atoms with E-state index in [1.54, 1.807) is 0 Å². The van der Waals surface area contributed by atoms with Gasteiger partial charge in [-0.1, -0.05) is 0 Å². The van der Waals surface area contributed by atoms with E-state index in [2.05, 4.69) is 0 Å². The average Bonchev–Trinajstić information content (AvgIpc) is 3.16. The number of hydrogen-bond donors (Lipinski definition) is 14. The van der Waals surface area contributed by atoms with Crippen LogP contribution in [0.25, 0.3) is 0 Å². The van der Waals surface area contributed by atoms with Crippen molar-refractivity contribution in [1.82, 2.24) is 0 Å². The van der Waals surface area contributed by atoms with Crippen LogP contribution < -0.4 is 0 Å². The summed E-state index contributed by atoms with van der Waals surface area (Å²) in [5.41, 5.74) is 0. The summed E-state index contributed by atoms with van der Waals surface area (Å²) in [6.45, 7) is 0.997. The Labute approximate surface area is 317 Å². The lowest BCUT2D eigenvalue weighted by atomic mass is 9.95. The minimum atomic E-state index is -2.08. The SMILES string of the molecule is CO[C@H]1[C@H](O)[C@@H](O)[C@H](O[C@H]2[C@@H](O)[C@@H](CO)O[C@H](O[C@H]3[C@H](O)[C@H](O[C@H]4[C@@H](O)[C@H](O)[C@H](O[C@@H]5[C@@H](O)[C@H](O)O[C@H](CO)[C@H]5O)O[C@H]4C)O[C@@H](C)[C@H]3O)[C@@H]2O)O[C@@H]1C(=O)O. The van der Waals surface area contributed by atoms with Crippen LogP contribution in [0.5, 0.6) is 0 Å². The Morgan fingerprint density at radius 1 is 0.464 bits per heavy atom. The summed E-state index contributed by atoms with van der Waals surface area (Å²) in [5.74, 6) is -1.61. The van der Waals surface area contributed by atoms with E-state index in [1.165, 1.54) is 13.8 Å². The molecule has 5 heterocycles. The Hall–Kier alpha value is -1.45. The van der Waals surface area contributed by atoms with E-state index in [1.807, 2.05) is 0 Å². The second-order valence-corrected chi connectivity index (χ2v) is 14.2. The second kappa shape index (κ2) is 18.9. The number of aliphatic carboxylic acids is 1. The first kappa shape index (κ1) is 45.6. The van der Waals surface area contributed by atoms with Gasteiger partial charge >= 0.3 is 5.97 Å². The first-order valence-corrected chi connectivity index (χ1v) is 17.7. The Morgan fingerprint density at radius 2 is 0.875 bits per heavy atom. The molecule has 5 saturated heterocycles. The van der Waals surface area contributed by atoms with Gasteiger partial charge in [0.2, 0.25) is 0 Å². The number of aliphatic hydroxyl groups excluding tert-OH is 13. The third-order valence-corrected chi connectivity index (χ3v) is 10.4. The number of carboxylic acids is 1. The molecule has 0 bridgehead atoms. The molecule has 56 heavy (non-hydrogen) atoms. The summed E-state index contributed by atoms with van der Waals surface area (Å²) in [5, 5.41) is 147. The molecular weight excluding hydrogens is 772 g/mol. The van der Waals surface area contributed by atoms with E-state index in [0.717, 1.165) is 7.11 Å². The van der Waals surface area contributed by atoms with Crippen molar-refractivity contribution in [2.75, 3.05) is 20.3 Å².